The second-order valence-electron chi connectivity index (χ2n) is 5.34. The summed E-state index contributed by atoms with van der Waals surface area (Å²) in [5.74, 6) is 0.272. The third-order valence-corrected chi connectivity index (χ3v) is 4.95. The van der Waals surface area contributed by atoms with Crippen molar-refractivity contribution in [2.45, 2.75) is 53.9 Å². The molecule has 0 amide bonds. The van der Waals surface area contributed by atoms with Crippen LogP contribution >= 0.6 is 15.9 Å². The van der Waals surface area contributed by atoms with E-state index in [1.807, 2.05) is 6.92 Å². The van der Waals surface area contributed by atoms with E-state index in [-0.39, 0.29) is 11.6 Å². The number of halogens is 2. The van der Waals surface area contributed by atoms with Crippen molar-refractivity contribution in [2.75, 3.05) is 0 Å². The highest BCUT2D eigenvalue weighted by molar-refractivity contribution is 9.10. The van der Waals surface area contributed by atoms with E-state index < -0.39 is 0 Å². The van der Waals surface area contributed by atoms with Gasteiger partial charge in [0.25, 0.3) is 0 Å². The Morgan fingerprint density at radius 3 is 2.37 bits per heavy atom. The number of hydrogen-bond acceptors (Lipinski definition) is 1. The molecule has 0 radical (unpaired) electrons. The van der Waals surface area contributed by atoms with E-state index in [1.165, 1.54) is 6.92 Å². The maximum Gasteiger partial charge on any atom is 0.160 e. The minimum atomic E-state index is -0.231. The molecule has 0 spiro atoms. The molecule has 19 heavy (non-hydrogen) atoms. The maximum absolute atomic E-state index is 14.4. The minimum absolute atomic E-state index is 0.0805. The molecule has 0 aliphatic heterocycles. The Morgan fingerprint density at radius 1 is 1.32 bits per heavy atom. The molecular formula is C16H22BrFO. The van der Waals surface area contributed by atoms with Gasteiger partial charge in [-0.3, -0.25) is 4.79 Å². The van der Waals surface area contributed by atoms with Crippen LogP contribution in [-0.4, -0.2) is 5.78 Å². The molecule has 0 aliphatic carbocycles. The SMILES string of the molecule is CCC(C)CCc1c(F)c(C)c(C(C)=O)c(C)c1Br. The van der Waals surface area contributed by atoms with Gasteiger partial charge in [0.05, 0.1) is 0 Å². The molecule has 0 aromatic heterocycles. The van der Waals surface area contributed by atoms with Gasteiger partial charge in [-0.1, -0.05) is 36.2 Å². The fourth-order valence-electron chi connectivity index (χ4n) is 2.39. The lowest BCUT2D eigenvalue weighted by Gasteiger charge is -2.17. The minimum Gasteiger partial charge on any atom is -0.294 e. The van der Waals surface area contributed by atoms with E-state index in [0.717, 1.165) is 22.9 Å². The first-order valence-corrected chi connectivity index (χ1v) is 7.58. The highest BCUT2D eigenvalue weighted by Gasteiger charge is 2.20. The zero-order valence-electron chi connectivity index (χ0n) is 12.4. The van der Waals surface area contributed by atoms with Gasteiger partial charge in [0, 0.05) is 15.6 Å². The Morgan fingerprint density at radius 2 is 1.89 bits per heavy atom. The van der Waals surface area contributed by atoms with Crippen molar-refractivity contribution in [3.8, 4) is 0 Å². The topological polar surface area (TPSA) is 17.1 Å². The summed E-state index contributed by atoms with van der Waals surface area (Å²) in [6.45, 7) is 9.37. The van der Waals surface area contributed by atoms with Gasteiger partial charge in [-0.15, -0.1) is 0 Å². The highest BCUT2D eigenvalue weighted by atomic mass is 79.9. The van der Waals surface area contributed by atoms with E-state index in [9.17, 15) is 9.18 Å². The highest BCUT2D eigenvalue weighted by Crippen LogP contribution is 2.32. The zero-order chi connectivity index (χ0) is 14.7. The number of benzene rings is 1. The first-order valence-electron chi connectivity index (χ1n) is 6.79. The van der Waals surface area contributed by atoms with Crippen LogP contribution in [-0.2, 0) is 6.42 Å². The average Bonchev–Trinajstić information content (AvgIpc) is 2.35. The van der Waals surface area contributed by atoms with Crippen LogP contribution in [0.5, 0.6) is 0 Å². The Balaban J connectivity index is 3.24. The molecule has 3 heteroatoms. The first-order chi connectivity index (χ1) is 8.81. The summed E-state index contributed by atoms with van der Waals surface area (Å²) >= 11 is 3.46. The summed E-state index contributed by atoms with van der Waals surface area (Å²) in [5.41, 5.74) is 2.55. The van der Waals surface area contributed by atoms with Crippen molar-refractivity contribution in [1.82, 2.24) is 0 Å². The number of Topliss-reactive ketones (excluding diaryl/α,β-unsaturated/α-hetero) is 1. The van der Waals surface area contributed by atoms with E-state index in [0.29, 0.717) is 29.0 Å². The van der Waals surface area contributed by atoms with E-state index >= 15 is 0 Å². The monoisotopic (exact) mass is 328 g/mol. The summed E-state index contributed by atoms with van der Waals surface area (Å²) in [7, 11) is 0. The summed E-state index contributed by atoms with van der Waals surface area (Å²) < 4.78 is 15.2. The maximum atomic E-state index is 14.4. The summed E-state index contributed by atoms with van der Waals surface area (Å²) in [6.07, 6.45) is 2.77. The van der Waals surface area contributed by atoms with Crippen molar-refractivity contribution in [3.05, 3.63) is 32.5 Å². The predicted octanol–water partition coefficient (Wildman–Crippen LogP) is 5.39. The van der Waals surface area contributed by atoms with Crippen LogP contribution in [0.3, 0.4) is 0 Å². The first kappa shape index (κ1) is 16.4. The van der Waals surface area contributed by atoms with Crippen molar-refractivity contribution in [3.63, 3.8) is 0 Å². The molecule has 1 aromatic carbocycles. The van der Waals surface area contributed by atoms with Crippen LogP contribution in [0.25, 0.3) is 0 Å². The number of carbonyl (C=O) groups is 1. The molecule has 1 unspecified atom stereocenters. The van der Waals surface area contributed by atoms with Gasteiger partial charge in [0.1, 0.15) is 5.82 Å². The normalized spacial score (nSPS) is 12.6. The van der Waals surface area contributed by atoms with Crippen LogP contribution in [0, 0.1) is 25.6 Å². The second-order valence-corrected chi connectivity index (χ2v) is 6.13. The number of rotatable bonds is 5. The van der Waals surface area contributed by atoms with E-state index in [1.54, 1.807) is 6.92 Å². The smallest absolute Gasteiger partial charge is 0.160 e. The van der Waals surface area contributed by atoms with Gasteiger partial charge in [-0.25, -0.2) is 4.39 Å². The second kappa shape index (κ2) is 6.65. The Labute approximate surface area is 123 Å². The molecule has 1 atom stereocenters. The molecule has 0 aliphatic rings. The lowest BCUT2D eigenvalue weighted by Crippen LogP contribution is -2.08. The lowest BCUT2D eigenvalue weighted by atomic mass is 9.92. The van der Waals surface area contributed by atoms with E-state index in [2.05, 4.69) is 29.8 Å². The Kier molecular flexibility index (Phi) is 5.72. The fourth-order valence-corrected chi connectivity index (χ4v) is 2.96. The van der Waals surface area contributed by atoms with Gasteiger partial charge < -0.3 is 0 Å². The van der Waals surface area contributed by atoms with Gasteiger partial charge in [-0.2, -0.15) is 0 Å². The molecule has 0 N–H and O–H groups in total. The van der Waals surface area contributed by atoms with Crippen molar-refractivity contribution < 1.29 is 9.18 Å². The van der Waals surface area contributed by atoms with Crippen LogP contribution in [0.4, 0.5) is 4.39 Å². The average molecular weight is 329 g/mol. The summed E-state index contributed by atoms with van der Waals surface area (Å²) in [4.78, 5) is 11.6. The third kappa shape index (κ3) is 3.44. The summed E-state index contributed by atoms with van der Waals surface area (Å²) in [6, 6.07) is 0. The molecule has 1 aromatic rings. The molecule has 0 bridgehead atoms. The Bertz CT molecular complexity index is 465. The van der Waals surface area contributed by atoms with Crippen molar-refractivity contribution in [2.24, 2.45) is 5.92 Å². The van der Waals surface area contributed by atoms with Gasteiger partial charge >= 0.3 is 0 Å². The lowest BCUT2D eigenvalue weighted by molar-refractivity contribution is 0.101. The van der Waals surface area contributed by atoms with Crippen molar-refractivity contribution >= 4 is 21.7 Å². The number of carbonyl (C=O) groups excluding carboxylic acids is 1. The van der Waals surface area contributed by atoms with Crippen molar-refractivity contribution in [1.29, 1.82) is 0 Å². The molecule has 106 valence electrons. The van der Waals surface area contributed by atoms with Crippen LogP contribution in [0.15, 0.2) is 4.47 Å². The standard InChI is InChI=1S/C16H22BrFO/c1-6-9(2)7-8-13-15(17)10(3)14(12(5)19)11(4)16(13)18/h9H,6-8H2,1-5H3. The van der Waals surface area contributed by atoms with Gasteiger partial charge in [0.15, 0.2) is 5.78 Å². The largest absolute Gasteiger partial charge is 0.294 e. The molecule has 1 nitrogen and oxygen atoms in total. The molecule has 0 fully saturated rings. The molecule has 0 saturated carbocycles. The van der Waals surface area contributed by atoms with Crippen LogP contribution in [0.2, 0.25) is 0 Å². The zero-order valence-corrected chi connectivity index (χ0v) is 13.9. The van der Waals surface area contributed by atoms with Gasteiger partial charge in [-0.05, 0) is 50.7 Å². The quantitative estimate of drug-likeness (QED) is 0.662. The third-order valence-electron chi connectivity index (χ3n) is 3.87. The van der Waals surface area contributed by atoms with Gasteiger partial charge in [0.2, 0.25) is 0 Å². The molecule has 1 rings (SSSR count). The molecular weight excluding hydrogens is 307 g/mol. The Hall–Kier alpha value is -0.700. The number of hydrogen-bond donors (Lipinski definition) is 0. The molecule has 0 heterocycles. The fraction of sp³-hybridized carbons (Fsp3) is 0.562. The van der Waals surface area contributed by atoms with Crippen LogP contribution < -0.4 is 0 Å². The summed E-state index contributed by atoms with van der Waals surface area (Å²) in [5, 5.41) is 0. The predicted molar refractivity (Wildman–Crippen MR) is 81.4 cm³/mol. The number of ketones is 1. The van der Waals surface area contributed by atoms with Crippen LogP contribution in [0.1, 0.15) is 60.7 Å². The molecule has 0 saturated heterocycles. The van der Waals surface area contributed by atoms with E-state index in [4.69, 9.17) is 0 Å².